The van der Waals surface area contributed by atoms with E-state index in [4.69, 9.17) is 4.74 Å². The highest BCUT2D eigenvalue weighted by molar-refractivity contribution is 7.20. The number of anilines is 2. The fourth-order valence-electron chi connectivity index (χ4n) is 3.49. The van der Waals surface area contributed by atoms with E-state index >= 15 is 0 Å². The van der Waals surface area contributed by atoms with Crippen LogP contribution in [0.15, 0.2) is 59.9 Å². The normalized spacial score (nSPS) is 14.8. The van der Waals surface area contributed by atoms with Crippen LogP contribution in [0, 0.1) is 0 Å². The van der Waals surface area contributed by atoms with Gasteiger partial charge in [-0.25, -0.2) is 9.97 Å². The molecule has 2 aromatic heterocycles. The van der Waals surface area contributed by atoms with E-state index in [1.807, 2.05) is 29.2 Å². The number of benzene rings is 1. The Balaban J connectivity index is 1.53. The molecule has 8 nitrogen and oxygen atoms in total. The van der Waals surface area contributed by atoms with Gasteiger partial charge in [-0.3, -0.25) is 9.79 Å². The second kappa shape index (κ2) is 9.93. The van der Waals surface area contributed by atoms with E-state index in [1.54, 1.807) is 18.3 Å². The number of rotatable bonds is 7. The molecule has 3 aromatic rings. The lowest BCUT2D eigenvalue weighted by molar-refractivity contribution is 0.0669. The van der Waals surface area contributed by atoms with Gasteiger partial charge in [0.15, 0.2) is 0 Å². The molecule has 1 fully saturated rings. The average Bonchev–Trinajstić information content (AvgIpc) is 3.26. The van der Waals surface area contributed by atoms with Gasteiger partial charge in [0.25, 0.3) is 5.91 Å². The van der Waals surface area contributed by atoms with Crippen LogP contribution in [-0.4, -0.2) is 72.7 Å². The van der Waals surface area contributed by atoms with Crippen molar-refractivity contribution in [2.45, 2.75) is 0 Å². The van der Waals surface area contributed by atoms with Crippen molar-refractivity contribution in [3.8, 4) is 0 Å². The summed E-state index contributed by atoms with van der Waals surface area (Å²) in [5, 5.41) is 4.23. The number of hydrogen-bond acceptors (Lipinski definition) is 8. The largest absolute Gasteiger partial charge is 0.497 e. The summed E-state index contributed by atoms with van der Waals surface area (Å²) in [5.41, 5.74) is 1.96. The first-order valence-electron chi connectivity index (χ1n) is 10.5. The molecule has 170 valence electrons. The molecule has 1 N–H and O–H groups in total. The van der Waals surface area contributed by atoms with Gasteiger partial charge in [-0.05, 0) is 49.5 Å². The molecule has 1 saturated heterocycles. The molecule has 1 aliphatic rings. The van der Waals surface area contributed by atoms with Crippen molar-refractivity contribution >= 4 is 51.4 Å². The summed E-state index contributed by atoms with van der Waals surface area (Å²) in [6, 6.07) is 9.66. The zero-order valence-electron chi connectivity index (χ0n) is 18.7. The number of nitrogens with one attached hydrogen (secondary N) is 1. The van der Waals surface area contributed by atoms with E-state index in [1.165, 1.54) is 18.4 Å². The number of aliphatic imine (C=N–C) groups is 1. The monoisotopic (exact) mass is 462 g/mol. The van der Waals surface area contributed by atoms with Crippen molar-refractivity contribution in [3.63, 3.8) is 0 Å². The third kappa shape index (κ3) is 5.27. The Labute approximate surface area is 196 Å². The topological polar surface area (TPSA) is 83.0 Å². The van der Waals surface area contributed by atoms with Gasteiger partial charge in [0.1, 0.15) is 5.76 Å². The van der Waals surface area contributed by atoms with Crippen LogP contribution >= 0.6 is 11.3 Å². The van der Waals surface area contributed by atoms with Crippen molar-refractivity contribution < 1.29 is 9.53 Å². The van der Waals surface area contributed by atoms with Gasteiger partial charge in [-0.2, -0.15) is 0 Å². The molecule has 1 amide bonds. The average molecular weight is 463 g/mol. The van der Waals surface area contributed by atoms with Crippen LogP contribution in [-0.2, 0) is 4.74 Å². The molecule has 0 saturated carbocycles. The number of ether oxygens (including phenoxy) is 1. The third-order valence-electron chi connectivity index (χ3n) is 5.42. The molecule has 4 rings (SSSR count). The second-order valence-electron chi connectivity index (χ2n) is 7.71. The van der Waals surface area contributed by atoms with Crippen LogP contribution < -0.4 is 5.32 Å². The number of hydrogen-bond donors (Lipinski definition) is 1. The number of nitrogens with zero attached hydrogens (tertiary/aromatic N) is 5. The Morgan fingerprint density at radius 3 is 2.76 bits per heavy atom. The second-order valence-corrected chi connectivity index (χ2v) is 8.79. The first-order valence-corrected chi connectivity index (χ1v) is 11.3. The number of carbonyl (C=O) groups is 1. The lowest BCUT2D eigenvalue weighted by Gasteiger charge is -2.32. The fourth-order valence-corrected chi connectivity index (χ4v) is 4.51. The van der Waals surface area contributed by atoms with E-state index in [9.17, 15) is 4.79 Å². The SMILES string of the molecule is C=N/C(=C\C(=C)OC)c1ccnc(Nc2ccc3sc(C(=O)N4CCN(C)CC4)cc3c2)n1. The number of likely N-dealkylation sites (N-methyl/N-ethyl adjacent to an activating group) is 1. The Bertz CT molecular complexity index is 1230. The molecule has 33 heavy (non-hydrogen) atoms. The van der Waals surface area contributed by atoms with Crippen molar-refractivity contribution in [1.82, 2.24) is 19.8 Å². The molecule has 0 atom stereocenters. The van der Waals surface area contributed by atoms with Crippen molar-refractivity contribution in [1.29, 1.82) is 0 Å². The van der Waals surface area contributed by atoms with Crippen LogP contribution in [0.25, 0.3) is 15.8 Å². The number of fused-ring (bicyclic) bond motifs is 1. The number of thiophene rings is 1. The summed E-state index contributed by atoms with van der Waals surface area (Å²) in [6.45, 7) is 10.7. The zero-order chi connectivity index (χ0) is 23.4. The Morgan fingerprint density at radius 2 is 2.03 bits per heavy atom. The van der Waals surface area contributed by atoms with Gasteiger partial charge in [0.05, 0.1) is 23.4 Å². The van der Waals surface area contributed by atoms with Crippen LogP contribution in [0.4, 0.5) is 11.6 Å². The standard InChI is InChI=1S/C24H26N6O2S/c1-16(32-4)13-20(25-2)19-7-8-26-24(28-19)27-18-5-6-21-17(14-18)15-22(33-21)23(31)30-11-9-29(3)10-12-30/h5-8,13-15H,1-2,9-12H2,3-4H3,(H,26,27,28)/b20-13-. The number of piperazine rings is 1. The highest BCUT2D eigenvalue weighted by Crippen LogP contribution is 2.30. The van der Waals surface area contributed by atoms with Gasteiger partial charge in [0.2, 0.25) is 5.95 Å². The smallest absolute Gasteiger partial charge is 0.264 e. The lowest BCUT2D eigenvalue weighted by Crippen LogP contribution is -2.46. The summed E-state index contributed by atoms with van der Waals surface area (Å²) in [7, 11) is 3.62. The molecular formula is C24H26N6O2S. The maximum Gasteiger partial charge on any atom is 0.264 e. The van der Waals surface area contributed by atoms with Gasteiger partial charge >= 0.3 is 0 Å². The van der Waals surface area contributed by atoms with Gasteiger partial charge < -0.3 is 19.9 Å². The first-order chi connectivity index (χ1) is 16.0. The molecule has 1 aliphatic heterocycles. The molecule has 0 unspecified atom stereocenters. The zero-order valence-corrected chi connectivity index (χ0v) is 19.6. The molecule has 0 radical (unpaired) electrons. The number of methoxy groups -OCH3 is 1. The number of amides is 1. The molecule has 9 heteroatoms. The van der Waals surface area contributed by atoms with E-state index < -0.39 is 0 Å². The van der Waals surface area contributed by atoms with E-state index in [-0.39, 0.29) is 5.91 Å². The fraction of sp³-hybridized carbons (Fsp3) is 0.250. The molecule has 0 bridgehead atoms. The predicted molar refractivity (Wildman–Crippen MR) is 134 cm³/mol. The lowest BCUT2D eigenvalue weighted by atomic mass is 10.2. The van der Waals surface area contributed by atoms with Crippen LogP contribution in [0.3, 0.4) is 0 Å². The van der Waals surface area contributed by atoms with Gasteiger partial charge in [-0.1, -0.05) is 6.58 Å². The summed E-state index contributed by atoms with van der Waals surface area (Å²) < 4.78 is 6.15. The van der Waals surface area contributed by atoms with Crippen molar-refractivity contribution in [2.75, 3.05) is 45.7 Å². The first kappa shape index (κ1) is 22.6. The number of aromatic nitrogens is 2. The molecular weight excluding hydrogens is 436 g/mol. The quantitative estimate of drug-likeness (QED) is 0.324. The molecule has 0 spiro atoms. The highest BCUT2D eigenvalue weighted by atomic mass is 32.1. The number of carbonyl (C=O) groups excluding carboxylic acids is 1. The van der Waals surface area contributed by atoms with Crippen LogP contribution in [0.2, 0.25) is 0 Å². The minimum Gasteiger partial charge on any atom is -0.497 e. The predicted octanol–water partition coefficient (Wildman–Crippen LogP) is 4.02. The highest BCUT2D eigenvalue weighted by Gasteiger charge is 2.22. The maximum atomic E-state index is 12.9. The van der Waals surface area contributed by atoms with E-state index in [0.717, 1.165) is 46.8 Å². The third-order valence-corrected chi connectivity index (χ3v) is 6.53. The van der Waals surface area contributed by atoms with Crippen molar-refractivity contribution in [3.05, 3.63) is 65.5 Å². The summed E-state index contributed by atoms with van der Waals surface area (Å²) in [4.78, 5) is 30.7. The Morgan fingerprint density at radius 1 is 1.24 bits per heavy atom. The Hall–Kier alpha value is -3.56. The number of allylic oxidation sites excluding steroid dienone is 1. The van der Waals surface area contributed by atoms with Gasteiger partial charge in [0, 0.05) is 48.8 Å². The van der Waals surface area contributed by atoms with Crippen molar-refractivity contribution in [2.24, 2.45) is 4.99 Å². The summed E-state index contributed by atoms with van der Waals surface area (Å²) in [6.07, 6.45) is 3.31. The summed E-state index contributed by atoms with van der Waals surface area (Å²) in [5.74, 6) is 0.979. The van der Waals surface area contributed by atoms with E-state index in [2.05, 4.69) is 45.5 Å². The van der Waals surface area contributed by atoms with E-state index in [0.29, 0.717) is 23.1 Å². The minimum atomic E-state index is 0.101. The molecule has 1 aromatic carbocycles. The van der Waals surface area contributed by atoms with Gasteiger partial charge in [-0.15, -0.1) is 11.3 Å². The molecule has 3 heterocycles. The summed E-state index contributed by atoms with van der Waals surface area (Å²) >= 11 is 1.52. The van der Waals surface area contributed by atoms with Crippen LogP contribution in [0.5, 0.6) is 0 Å². The molecule has 0 aliphatic carbocycles. The Kier molecular flexibility index (Phi) is 6.81. The minimum absolute atomic E-state index is 0.101. The maximum absolute atomic E-state index is 12.9. The van der Waals surface area contributed by atoms with Crippen LogP contribution in [0.1, 0.15) is 15.4 Å².